The Morgan fingerprint density at radius 1 is 0.818 bits per heavy atom. The molecule has 2 aliphatic carbocycles. The van der Waals surface area contributed by atoms with E-state index in [1.54, 1.807) is 0 Å². The highest BCUT2D eigenvalue weighted by molar-refractivity contribution is 6.02. The van der Waals surface area contributed by atoms with E-state index in [-0.39, 0.29) is 5.63 Å². The zero-order chi connectivity index (χ0) is 15.1. The molecular weight excluding hydrogens is 272 g/mol. The summed E-state index contributed by atoms with van der Waals surface area (Å²) in [5, 5.41) is 1.58. The van der Waals surface area contributed by atoms with Crippen molar-refractivity contribution in [3.05, 3.63) is 82.7 Å². The summed E-state index contributed by atoms with van der Waals surface area (Å²) in [7, 11) is 0. The smallest absolute Gasteiger partial charge is 0.344 e. The van der Waals surface area contributed by atoms with Gasteiger partial charge < -0.3 is 4.42 Å². The highest BCUT2D eigenvalue weighted by Crippen LogP contribution is 2.33. The average molecular weight is 286 g/mol. The Hall–Kier alpha value is -2.87. The molecule has 0 saturated heterocycles. The van der Waals surface area contributed by atoms with Crippen LogP contribution in [0.25, 0.3) is 33.2 Å². The van der Waals surface area contributed by atoms with Crippen LogP contribution in [0, 0.1) is 6.92 Å². The molecule has 1 aromatic heterocycles. The number of rotatable bonds is 1. The van der Waals surface area contributed by atoms with Crippen LogP contribution in [0.15, 0.2) is 75.9 Å². The molecule has 0 amide bonds. The molecule has 22 heavy (non-hydrogen) atoms. The molecule has 2 aliphatic rings. The Kier molecular flexibility index (Phi) is 2.83. The second-order valence-electron chi connectivity index (χ2n) is 5.47. The predicted molar refractivity (Wildman–Crippen MR) is 89.3 cm³/mol. The third kappa shape index (κ3) is 1.92. The van der Waals surface area contributed by atoms with Gasteiger partial charge in [-0.2, -0.15) is 0 Å². The van der Waals surface area contributed by atoms with Gasteiger partial charge in [-0.1, -0.05) is 54.6 Å². The summed E-state index contributed by atoms with van der Waals surface area (Å²) in [4.78, 5) is 12.5. The summed E-state index contributed by atoms with van der Waals surface area (Å²) >= 11 is 0. The van der Waals surface area contributed by atoms with E-state index in [1.807, 2.05) is 73.7 Å². The topological polar surface area (TPSA) is 30.2 Å². The molecule has 4 rings (SSSR count). The molecule has 2 aromatic rings. The van der Waals surface area contributed by atoms with Gasteiger partial charge in [0.15, 0.2) is 0 Å². The second-order valence-corrected chi connectivity index (χ2v) is 5.47. The lowest BCUT2D eigenvalue weighted by atomic mass is 10.1. The van der Waals surface area contributed by atoms with Crippen LogP contribution in [0.2, 0.25) is 0 Å². The van der Waals surface area contributed by atoms with E-state index in [2.05, 4.69) is 0 Å². The molecule has 2 heteroatoms. The van der Waals surface area contributed by atoms with Crippen molar-refractivity contribution in [2.75, 3.05) is 0 Å². The quantitative estimate of drug-likeness (QED) is 0.499. The van der Waals surface area contributed by atoms with Gasteiger partial charge in [0, 0.05) is 5.56 Å². The van der Waals surface area contributed by atoms with Crippen molar-refractivity contribution in [1.29, 1.82) is 0 Å². The third-order valence-corrected chi connectivity index (χ3v) is 4.04. The Balaban J connectivity index is 2.06. The minimum atomic E-state index is -0.281. The summed E-state index contributed by atoms with van der Waals surface area (Å²) < 4.78 is 5.60. The molecule has 0 atom stereocenters. The fraction of sp³-hybridized carbons (Fsp3) is 0.0500. The van der Waals surface area contributed by atoms with Gasteiger partial charge in [-0.05, 0) is 41.1 Å². The number of hydrogen-bond donors (Lipinski definition) is 0. The Bertz CT molecular complexity index is 1010. The van der Waals surface area contributed by atoms with Crippen molar-refractivity contribution in [2.24, 2.45) is 0 Å². The fourth-order valence-electron chi connectivity index (χ4n) is 2.96. The molecule has 106 valence electrons. The van der Waals surface area contributed by atoms with E-state index in [1.165, 1.54) is 0 Å². The Morgan fingerprint density at radius 3 is 2.41 bits per heavy atom. The van der Waals surface area contributed by atoms with Crippen LogP contribution in [0.5, 0.6) is 0 Å². The zero-order valence-electron chi connectivity index (χ0n) is 12.2. The number of fused-ring (bicyclic) bond motifs is 3. The zero-order valence-corrected chi connectivity index (χ0v) is 12.2. The van der Waals surface area contributed by atoms with Crippen LogP contribution in [0.4, 0.5) is 0 Å². The van der Waals surface area contributed by atoms with Gasteiger partial charge in [-0.15, -0.1) is 0 Å². The highest BCUT2D eigenvalue weighted by Gasteiger charge is 2.15. The van der Waals surface area contributed by atoms with Crippen LogP contribution >= 0.6 is 0 Å². The van der Waals surface area contributed by atoms with Crippen LogP contribution in [-0.4, -0.2) is 0 Å². The lowest BCUT2D eigenvalue weighted by molar-refractivity contribution is 0.535. The van der Waals surface area contributed by atoms with E-state index < -0.39 is 0 Å². The van der Waals surface area contributed by atoms with E-state index in [4.69, 9.17) is 4.42 Å². The van der Waals surface area contributed by atoms with Crippen molar-refractivity contribution in [1.82, 2.24) is 0 Å². The molecule has 0 bridgehead atoms. The lowest BCUT2D eigenvalue weighted by Crippen LogP contribution is -1.99. The van der Waals surface area contributed by atoms with Gasteiger partial charge in [0.1, 0.15) is 5.76 Å². The molecule has 0 spiro atoms. The van der Waals surface area contributed by atoms with Gasteiger partial charge in [0.25, 0.3) is 0 Å². The molecule has 0 N–H and O–H groups in total. The first-order chi connectivity index (χ1) is 10.7. The first-order valence-corrected chi connectivity index (χ1v) is 7.26. The normalized spacial score (nSPS) is 11.1. The minimum absolute atomic E-state index is 0.281. The SMILES string of the molecule is Cc1ccccc1-c1cc2cc3cccccc-3c2c(=O)o1. The lowest BCUT2D eigenvalue weighted by Gasteiger charge is -2.04. The number of benzene rings is 1. The monoisotopic (exact) mass is 286 g/mol. The molecule has 1 aromatic carbocycles. The maximum absolute atomic E-state index is 12.5. The predicted octanol–water partition coefficient (Wildman–Crippen LogP) is 4.87. The molecule has 0 radical (unpaired) electrons. The van der Waals surface area contributed by atoms with Gasteiger partial charge in [0.2, 0.25) is 0 Å². The van der Waals surface area contributed by atoms with Crippen LogP contribution in [0.3, 0.4) is 0 Å². The van der Waals surface area contributed by atoms with Crippen molar-refractivity contribution in [2.45, 2.75) is 6.92 Å². The minimum Gasteiger partial charge on any atom is -0.422 e. The maximum Gasteiger partial charge on any atom is 0.344 e. The second kappa shape index (κ2) is 4.85. The van der Waals surface area contributed by atoms with Crippen molar-refractivity contribution in [3.63, 3.8) is 0 Å². The fourth-order valence-corrected chi connectivity index (χ4v) is 2.96. The van der Waals surface area contributed by atoms with Crippen molar-refractivity contribution >= 4 is 10.8 Å². The summed E-state index contributed by atoms with van der Waals surface area (Å²) in [6, 6.07) is 21.8. The van der Waals surface area contributed by atoms with Crippen molar-refractivity contribution < 1.29 is 4.42 Å². The number of hydrogen-bond acceptors (Lipinski definition) is 2. The average Bonchev–Trinajstić information content (AvgIpc) is 2.70. The van der Waals surface area contributed by atoms with E-state index in [0.29, 0.717) is 11.1 Å². The molecule has 0 unspecified atom stereocenters. The van der Waals surface area contributed by atoms with Gasteiger partial charge >= 0.3 is 5.63 Å². The molecule has 0 saturated carbocycles. The van der Waals surface area contributed by atoms with Crippen LogP contribution in [0.1, 0.15) is 5.56 Å². The van der Waals surface area contributed by atoms with Crippen LogP contribution < -0.4 is 5.63 Å². The summed E-state index contributed by atoms with van der Waals surface area (Å²) in [6.45, 7) is 2.01. The summed E-state index contributed by atoms with van der Waals surface area (Å²) in [6.07, 6.45) is 0. The van der Waals surface area contributed by atoms with E-state index in [9.17, 15) is 4.79 Å². The van der Waals surface area contributed by atoms with Gasteiger partial charge in [0.05, 0.1) is 5.39 Å². The van der Waals surface area contributed by atoms with Gasteiger partial charge in [-0.25, -0.2) is 4.79 Å². The first-order valence-electron chi connectivity index (χ1n) is 7.26. The number of aryl methyl sites for hydroxylation is 1. The molecule has 0 aliphatic heterocycles. The maximum atomic E-state index is 12.5. The summed E-state index contributed by atoms with van der Waals surface area (Å²) in [5.41, 5.74) is 3.75. The van der Waals surface area contributed by atoms with Gasteiger partial charge in [-0.3, -0.25) is 0 Å². The summed E-state index contributed by atoms with van der Waals surface area (Å²) in [5.74, 6) is 0.621. The Labute approximate surface area is 128 Å². The molecule has 1 heterocycles. The highest BCUT2D eigenvalue weighted by atomic mass is 16.4. The van der Waals surface area contributed by atoms with Crippen molar-refractivity contribution in [3.8, 4) is 22.5 Å². The van der Waals surface area contributed by atoms with E-state index >= 15 is 0 Å². The Morgan fingerprint density at radius 2 is 1.55 bits per heavy atom. The van der Waals surface area contributed by atoms with Crippen LogP contribution in [-0.2, 0) is 0 Å². The molecule has 0 fully saturated rings. The molecule has 2 nitrogen and oxygen atoms in total. The standard InChI is InChI=1S/C20H14O2/c1-13-7-5-6-9-16(13)18-12-15-11-14-8-3-2-4-10-17(14)19(15)20(21)22-18/h2-12H,1H3. The molecular formula is C20H14O2. The largest absolute Gasteiger partial charge is 0.422 e. The van der Waals surface area contributed by atoms with E-state index in [0.717, 1.165) is 27.6 Å². The first kappa shape index (κ1) is 12.8. The third-order valence-electron chi connectivity index (χ3n) is 4.04.